The molecule has 0 aliphatic carbocycles. The lowest BCUT2D eigenvalue weighted by molar-refractivity contribution is 0.0742. The number of aryl methyl sites for hydroxylation is 1. The number of benzene rings is 2. The summed E-state index contributed by atoms with van der Waals surface area (Å²) in [5, 5.41) is 5.40. The Morgan fingerprint density at radius 1 is 0.935 bits per heavy atom. The molecule has 5 rings (SSSR count). The van der Waals surface area contributed by atoms with E-state index in [1.54, 1.807) is 23.2 Å². The van der Waals surface area contributed by atoms with Crippen LogP contribution in [-0.4, -0.2) is 56.7 Å². The van der Waals surface area contributed by atoms with Crippen LogP contribution < -0.4 is 4.90 Å². The van der Waals surface area contributed by atoms with E-state index in [-0.39, 0.29) is 11.5 Å². The molecule has 1 fully saturated rings. The topological polar surface area (TPSA) is 67.2 Å². The summed E-state index contributed by atoms with van der Waals surface area (Å²) in [5.74, 6) is 0.697. The molecule has 2 aromatic carbocycles. The average molecular weight is 416 g/mol. The molecule has 0 spiro atoms. The van der Waals surface area contributed by atoms with Crippen LogP contribution in [0.4, 0.5) is 10.2 Å². The van der Waals surface area contributed by atoms with Crippen LogP contribution in [0.2, 0.25) is 0 Å². The Labute approximate surface area is 178 Å². The summed E-state index contributed by atoms with van der Waals surface area (Å²) in [4.78, 5) is 25.8. The number of hydrogen-bond donors (Lipinski definition) is 0. The van der Waals surface area contributed by atoms with E-state index in [9.17, 15) is 9.18 Å². The lowest BCUT2D eigenvalue weighted by atomic mass is 10.1. The maximum absolute atomic E-state index is 14.0. The summed E-state index contributed by atoms with van der Waals surface area (Å²) in [6.07, 6.45) is 1.79. The zero-order valence-corrected chi connectivity index (χ0v) is 17.1. The van der Waals surface area contributed by atoms with Crippen LogP contribution in [0.1, 0.15) is 16.2 Å². The molecule has 4 aromatic rings. The number of para-hydroxylation sites is 1. The highest BCUT2D eigenvalue weighted by Gasteiger charge is 2.26. The zero-order valence-electron chi connectivity index (χ0n) is 17.1. The summed E-state index contributed by atoms with van der Waals surface area (Å²) >= 11 is 0. The standard InChI is InChI=1S/C23H21FN6O/c1-16-26-21(19-15-25-30(22(19)27-16)17-7-3-2-4-8-17)28-11-13-29(14-12-28)23(31)18-9-5-6-10-20(18)24/h2-10,15H,11-14H2,1H3. The van der Waals surface area contributed by atoms with Crippen molar-refractivity contribution in [3.05, 3.63) is 78.0 Å². The van der Waals surface area contributed by atoms with Gasteiger partial charge in [0.05, 0.1) is 22.8 Å². The number of piperazine rings is 1. The first-order valence-electron chi connectivity index (χ1n) is 10.2. The van der Waals surface area contributed by atoms with Gasteiger partial charge in [-0.2, -0.15) is 5.10 Å². The molecular weight excluding hydrogens is 395 g/mol. The quantitative estimate of drug-likeness (QED) is 0.513. The van der Waals surface area contributed by atoms with E-state index in [2.05, 4.69) is 20.0 Å². The van der Waals surface area contributed by atoms with E-state index in [1.807, 2.05) is 41.9 Å². The number of hydrogen-bond acceptors (Lipinski definition) is 5. The van der Waals surface area contributed by atoms with Crippen LogP contribution in [0.3, 0.4) is 0 Å². The maximum atomic E-state index is 14.0. The van der Waals surface area contributed by atoms with Gasteiger partial charge in [-0.1, -0.05) is 30.3 Å². The molecule has 0 N–H and O–H groups in total. The Balaban J connectivity index is 1.41. The minimum absolute atomic E-state index is 0.111. The molecule has 8 heteroatoms. The van der Waals surface area contributed by atoms with Crippen molar-refractivity contribution in [3.8, 4) is 5.69 Å². The van der Waals surface area contributed by atoms with Gasteiger partial charge in [-0.05, 0) is 31.2 Å². The fourth-order valence-corrected chi connectivity index (χ4v) is 3.92. The first-order valence-corrected chi connectivity index (χ1v) is 10.2. The first-order chi connectivity index (χ1) is 15.1. The number of aromatic nitrogens is 4. The van der Waals surface area contributed by atoms with Crippen LogP contribution in [-0.2, 0) is 0 Å². The zero-order chi connectivity index (χ0) is 21.4. The van der Waals surface area contributed by atoms with Crippen molar-refractivity contribution in [2.24, 2.45) is 0 Å². The summed E-state index contributed by atoms with van der Waals surface area (Å²) in [6.45, 7) is 4.04. The van der Waals surface area contributed by atoms with Crippen LogP contribution in [0.5, 0.6) is 0 Å². The monoisotopic (exact) mass is 416 g/mol. The van der Waals surface area contributed by atoms with Gasteiger partial charge in [-0.25, -0.2) is 19.0 Å². The number of nitrogens with zero attached hydrogens (tertiary/aromatic N) is 6. The number of anilines is 1. The molecule has 156 valence electrons. The number of halogens is 1. The van der Waals surface area contributed by atoms with Crippen molar-refractivity contribution >= 4 is 22.8 Å². The Morgan fingerprint density at radius 2 is 1.65 bits per heavy atom. The van der Waals surface area contributed by atoms with Crippen LogP contribution in [0.15, 0.2) is 60.8 Å². The first kappa shape index (κ1) is 19.2. The van der Waals surface area contributed by atoms with E-state index in [1.165, 1.54) is 12.1 Å². The van der Waals surface area contributed by atoms with Gasteiger partial charge in [0.25, 0.3) is 5.91 Å². The van der Waals surface area contributed by atoms with Gasteiger partial charge in [0.1, 0.15) is 17.5 Å². The molecule has 0 unspecified atom stereocenters. The van der Waals surface area contributed by atoms with Gasteiger partial charge in [0, 0.05) is 26.2 Å². The second kappa shape index (κ2) is 7.79. The third kappa shape index (κ3) is 3.50. The predicted molar refractivity (Wildman–Crippen MR) is 116 cm³/mol. The number of rotatable bonds is 3. The summed E-state index contributed by atoms with van der Waals surface area (Å²) in [6, 6.07) is 16.0. The third-order valence-corrected chi connectivity index (χ3v) is 5.49. The Bertz CT molecular complexity index is 1250. The number of carbonyl (C=O) groups excluding carboxylic acids is 1. The van der Waals surface area contributed by atoms with E-state index in [0.717, 1.165) is 22.5 Å². The maximum Gasteiger partial charge on any atom is 0.256 e. The molecule has 2 aromatic heterocycles. The minimum Gasteiger partial charge on any atom is -0.352 e. The molecule has 31 heavy (non-hydrogen) atoms. The summed E-state index contributed by atoms with van der Waals surface area (Å²) in [5.41, 5.74) is 1.79. The van der Waals surface area contributed by atoms with E-state index in [0.29, 0.717) is 32.0 Å². The highest BCUT2D eigenvalue weighted by molar-refractivity contribution is 5.95. The molecule has 1 aliphatic rings. The number of carbonyl (C=O) groups is 1. The van der Waals surface area contributed by atoms with Gasteiger partial charge in [0.2, 0.25) is 0 Å². The lowest BCUT2D eigenvalue weighted by Gasteiger charge is -2.35. The van der Waals surface area contributed by atoms with E-state index >= 15 is 0 Å². The van der Waals surface area contributed by atoms with Crippen LogP contribution in [0.25, 0.3) is 16.7 Å². The highest BCUT2D eigenvalue weighted by Crippen LogP contribution is 2.27. The van der Waals surface area contributed by atoms with Crippen molar-refractivity contribution in [3.63, 3.8) is 0 Å². The molecule has 3 heterocycles. The smallest absolute Gasteiger partial charge is 0.256 e. The molecule has 1 aliphatic heterocycles. The Morgan fingerprint density at radius 3 is 2.39 bits per heavy atom. The van der Waals surface area contributed by atoms with Crippen LogP contribution in [0, 0.1) is 12.7 Å². The predicted octanol–water partition coefficient (Wildman–Crippen LogP) is 3.23. The fraction of sp³-hybridized carbons (Fsp3) is 0.217. The molecule has 0 radical (unpaired) electrons. The summed E-state index contributed by atoms with van der Waals surface area (Å²) in [7, 11) is 0. The van der Waals surface area contributed by atoms with Crippen molar-refractivity contribution < 1.29 is 9.18 Å². The minimum atomic E-state index is -0.489. The normalized spacial score (nSPS) is 14.3. The second-order valence-electron chi connectivity index (χ2n) is 7.48. The van der Waals surface area contributed by atoms with E-state index in [4.69, 9.17) is 0 Å². The Kier molecular flexibility index (Phi) is 4.82. The van der Waals surface area contributed by atoms with Gasteiger partial charge in [0.15, 0.2) is 5.65 Å². The number of amides is 1. The fourth-order valence-electron chi connectivity index (χ4n) is 3.92. The van der Waals surface area contributed by atoms with Crippen molar-refractivity contribution in [2.45, 2.75) is 6.92 Å². The molecule has 0 atom stereocenters. The Hall–Kier alpha value is -3.81. The van der Waals surface area contributed by atoms with Gasteiger partial charge in [-0.15, -0.1) is 0 Å². The second-order valence-corrected chi connectivity index (χ2v) is 7.48. The van der Waals surface area contributed by atoms with Gasteiger partial charge in [-0.3, -0.25) is 4.79 Å². The van der Waals surface area contributed by atoms with Crippen molar-refractivity contribution in [1.82, 2.24) is 24.6 Å². The molecule has 7 nitrogen and oxygen atoms in total. The number of fused-ring (bicyclic) bond motifs is 1. The van der Waals surface area contributed by atoms with Gasteiger partial charge < -0.3 is 9.80 Å². The van der Waals surface area contributed by atoms with E-state index < -0.39 is 5.82 Å². The van der Waals surface area contributed by atoms with Gasteiger partial charge >= 0.3 is 0 Å². The third-order valence-electron chi connectivity index (χ3n) is 5.49. The molecule has 1 amide bonds. The SMILES string of the molecule is Cc1nc(N2CCN(C(=O)c3ccccc3F)CC2)c2cnn(-c3ccccc3)c2n1. The summed E-state index contributed by atoms with van der Waals surface area (Å²) < 4.78 is 15.8. The molecule has 0 saturated carbocycles. The average Bonchev–Trinajstić information content (AvgIpc) is 3.23. The van der Waals surface area contributed by atoms with Crippen molar-refractivity contribution in [1.29, 1.82) is 0 Å². The molecule has 1 saturated heterocycles. The van der Waals surface area contributed by atoms with Crippen molar-refractivity contribution in [2.75, 3.05) is 31.1 Å². The largest absolute Gasteiger partial charge is 0.352 e. The molecular formula is C23H21FN6O. The highest BCUT2D eigenvalue weighted by atomic mass is 19.1. The van der Waals surface area contributed by atoms with Crippen LogP contribution >= 0.6 is 0 Å². The lowest BCUT2D eigenvalue weighted by Crippen LogP contribution is -2.49. The molecule has 0 bridgehead atoms.